The van der Waals surface area contributed by atoms with Crippen molar-refractivity contribution in [1.29, 1.82) is 0 Å². The fraction of sp³-hybridized carbons (Fsp3) is 0.100. The van der Waals surface area contributed by atoms with E-state index in [2.05, 4.69) is 21.8 Å². The second-order valence-electron chi connectivity index (χ2n) is 3.70. The Morgan fingerprint density at radius 1 is 1.16 bits per heavy atom. The predicted molar refractivity (Wildman–Crippen MR) is 65.5 cm³/mol. The van der Waals surface area contributed by atoms with Crippen molar-refractivity contribution in [2.75, 3.05) is 0 Å². The Bertz CT molecular complexity index is 707. The molecular weight excluding hydrogens is 281 g/mol. The molecular formula is C10H8BF4N3S. The van der Waals surface area contributed by atoms with Gasteiger partial charge >= 0.3 is 7.25 Å². The summed E-state index contributed by atoms with van der Waals surface area (Å²) in [5, 5.41) is 11.6. The number of rotatable bonds is 0. The summed E-state index contributed by atoms with van der Waals surface area (Å²) in [5.41, 5.74) is 2.08. The van der Waals surface area contributed by atoms with Gasteiger partial charge in [0.2, 0.25) is 10.3 Å². The highest BCUT2D eigenvalue weighted by molar-refractivity contribution is 7.16. The number of halogens is 4. The fourth-order valence-corrected chi connectivity index (χ4v) is 2.49. The second kappa shape index (κ2) is 5.08. The van der Waals surface area contributed by atoms with Crippen LogP contribution in [0.1, 0.15) is 5.69 Å². The van der Waals surface area contributed by atoms with E-state index >= 15 is 0 Å². The van der Waals surface area contributed by atoms with Crippen LogP contribution in [-0.4, -0.2) is 17.6 Å². The Kier molecular flexibility index (Phi) is 3.65. The molecule has 0 saturated heterocycles. The molecule has 2 aromatic heterocycles. The van der Waals surface area contributed by atoms with E-state index in [1.54, 1.807) is 11.3 Å². The van der Waals surface area contributed by atoms with Crippen molar-refractivity contribution in [3.8, 4) is 0 Å². The third-order valence-electron chi connectivity index (χ3n) is 2.24. The molecule has 0 N–H and O–H groups in total. The number of fused-ring (bicyclic) bond motifs is 3. The number of nitrogens with zero attached hydrogens (tertiary/aromatic N) is 3. The number of aromatic nitrogens is 3. The van der Waals surface area contributed by atoms with Gasteiger partial charge in [-0.15, -0.1) is 0 Å². The molecule has 3 rings (SSSR count). The Morgan fingerprint density at radius 2 is 1.79 bits per heavy atom. The molecule has 0 atom stereocenters. The van der Waals surface area contributed by atoms with Gasteiger partial charge in [-0.2, -0.15) is 0 Å². The van der Waals surface area contributed by atoms with Crippen molar-refractivity contribution in [3.05, 3.63) is 35.3 Å². The minimum absolute atomic E-state index is 0.953. The maximum absolute atomic E-state index is 9.75. The Balaban J connectivity index is 0.000000232. The molecule has 0 aliphatic rings. The van der Waals surface area contributed by atoms with Crippen molar-refractivity contribution >= 4 is 34.3 Å². The van der Waals surface area contributed by atoms with Crippen LogP contribution in [0.5, 0.6) is 0 Å². The van der Waals surface area contributed by atoms with Gasteiger partial charge in [0.15, 0.2) is 0 Å². The molecule has 0 aliphatic carbocycles. The van der Waals surface area contributed by atoms with Gasteiger partial charge in [0, 0.05) is 12.3 Å². The molecule has 0 fully saturated rings. The normalized spacial score (nSPS) is 11.4. The summed E-state index contributed by atoms with van der Waals surface area (Å²) in [6.07, 6.45) is 0. The molecule has 100 valence electrons. The van der Waals surface area contributed by atoms with Crippen LogP contribution in [0.3, 0.4) is 0 Å². The summed E-state index contributed by atoms with van der Waals surface area (Å²) in [5.74, 6) is 0. The molecule has 1 aromatic carbocycles. The maximum Gasteiger partial charge on any atom is 0.673 e. The van der Waals surface area contributed by atoms with Crippen molar-refractivity contribution in [2.24, 2.45) is 0 Å². The zero-order valence-corrected chi connectivity index (χ0v) is 10.5. The third-order valence-corrected chi connectivity index (χ3v) is 3.32. The van der Waals surface area contributed by atoms with Gasteiger partial charge in [0.1, 0.15) is 10.9 Å². The summed E-state index contributed by atoms with van der Waals surface area (Å²) >= 11 is 1.70. The van der Waals surface area contributed by atoms with Crippen molar-refractivity contribution in [3.63, 3.8) is 0 Å². The third kappa shape index (κ3) is 3.37. The molecule has 0 radical (unpaired) electrons. The van der Waals surface area contributed by atoms with E-state index in [0.717, 1.165) is 16.0 Å². The summed E-state index contributed by atoms with van der Waals surface area (Å²) in [6.45, 7) is 2.03. The standard InChI is InChI=1S/C10H8N3S.BF4/c1-7-6-14-10-8-4-2-3-5-9(8)11-12-13(7)10;2-1(3,4)5/h2-6H,1H3;/q+1;-1. The topological polar surface area (TPSA) is 29.9 Å². The lowest BCUT2D eigenvalue weighted by Crippen LogP contribution is -2.28. The van der Waals surface area contributed by atoms with E-state index in [0.29, 0.717) is 0 Å². The first-order valence-electron chi connectivity index (χ1n) is 5.25. The van der Waals surface area contributed by atoms with E-state index in [1.807, 2.05) is 29.6 Å². The fourth-order valence-electron chi connectivity index (χ4n) is 1.52. The van der Waals surface area contributed by atoms with E-state index in [9.17, 15) is 17.3 Å². The lowest BCUT2D eigenvalue weighted by atomic mass is 10.2. The average Bonchev–Trinajstić information content (AvgIpc) is 2.69. The van der Waals surface area contributed by atoms with Gasteiger partial charge in [-0.05, 0) is 12.1 Å². The highest BCUT2D eigenvalue weighted by Crippen LogP contribution is 2.18. The highest BCUT2D eigenvalue weighted by Gasteiger charge is 2.20. The van der Waals surface area contributed by atoms with Crippen LogP contribution in [0.2, 0.25) is 0 Å². The van der Waals surface area contributed by atoms with E-state index in [1.165, 1.54) is 5.39 Å². The second-order valence-corrected chi connectivity index (χ2v) is 4.55. The molecule has 0 saturated carbocycles. The van der Waals surface area contributed by atoms with Crippen LogP contribution < -0.4 is 4.52 Å². The molecule has 3 nitrogen and oxygen atoms in total. The first kappa shape index (κ1) is 13.7. The molecule has 9 heteroatoms. The minimum atomic E-state index is -6.00. The Labute approximate surface area is 109 Å². The molecule has 0 bridgehead atoms. The van der Waals surface area contributed by atoms with Crippen molar-refractivity contribution < 1.29 is 21.8 Å². The molecule has 0 spiro atoms. The Hall–Kier alpha value is -1.77. The van der Waals surface area contributed by atoms with Gasteiger partial charge in [0.05, 0.1) is 10.5 Å². The summed E-state index contributed by atoms with van der Waals surface area (Å²) in [4.78, 5) is 1.16. The quantitative estimate of drug-likeness (QED) is 0.362. The number of thiazole rings is 1. The highest BCUT2D eigenvalue weighted by atomic mass is 32.1. The van der Waals surface area contributed by atoms with Gasteiger partial charge in [0.25, 0.3) is 0 Å². The van der Waals surface area contributed by atoms with Crippen LogP contribution in [0.25, 0.3) is 15.7 Å². The summed E-state index contributed by atoms with van der Waals surface area (Å²) in [6, 6.07) is 8.07. The molecule has 0 aliphatic heterocycles. The number of hydrogen-bond acceptors (Lipinski definition) is 3. The van der Waals surface area contributed by atoms with E-state index in [4.69, 9.17) is 0 Å². The van der Waals surface area contributed by atoms with E-state index in [-0.39, 0.29) is 0 Å². The first-order chi connectivity index (χ1) is 8.86. The van der Waals surface area contributed by atoms with Crippen LogP contribution in [0.15, 0.2) is 29.6 Å². The van der Waals surface area contributed by atoms with Crippen LogP contribution in [-0.2, 0) is 0 Å². The van der Waals surface area contributed by atoms with E-state index < -0.39 is 7.25 Å². The largest absolute Gasteiger partial charge is 0.673 e. The molecule has 2 heterocycles. The molecule has 0 amide bonds. The van der Waals surface area contributed by atoms with Crippen molar-refractivity contribution in [1.82, 2.24) is 10.3 Å². The van der Waals surface area contributed by atoms with Gasteiger partial charge < -0.3 is 17.3 Å². The lowest BCUT2D eigenvalue weighted by Gasteiger charge is -1.94. The van der Waals surface area contributed by atoms with Gasteiger partial charge in [-0.3, -0.25) is 0 Å². The van der Waals surface area contributed by atoms with Gasteiger partial charge in [-0.1, -0.05) is 28.0 Å². The number of benzene rings is 1. The van der Waals surface area contributed by atoms with Crippen molar-refractivity contribution in [2.45, 2.75) is 6.92 Å². The maximum atomic E-state index is 9.75. The molecule has 0 unspecified atom stereocenters. The summed E-state index contributed by atoms with van der Waals surface area (Å²) in [7, 11) is -6.00. The Morgan fingerprint density at radius 3 is 2.47 bits per heavy atom. The van der Waals surface area contributed by atoms with Crippen LogP contribution in [0.4, 0.5) is 17.3 Å². The zero-order chi connectivity index (χ0) is 14.0. The summed E-state index contributed by atoms with van der Waals surface area (Å²) < 4.78 is 40.9. The van der Waals surface area contributed by atoms with Gasteiger partial charge in [-0.25, -0.2) is 0 Å². The zero-order valence-electron chi connectivity index (χ0n) is 9.73. The van der Waals surface area contributed by atoms with Crippen LogP contribution >= 0.6 is 11.3 Å². The smallest absolute Gasteiger partial charge is 0.418 e. The number of hydrogen-bond donors (Lipinski definition) is 0. The molecule has 3 aromatic rings. The van der Waals surface area contributed by atoms with Crippen LogP contribution in [0, 0.1) is 6.92 Å². The monoisotopic (exact) mass is 289 g/mol. The SMILES string of the molecule is Cc1csc2c3ccccc3nn[n+]12.F[B-](F)(F)F. The number of aryl methyl sites for hydroxylation is 1. The lowest BCUT2D eigenvalue weighted by molar-refractivity contribution is -0.589. The first-order valence-corrected chi connectivity index (χ1v) is 6.13. The predicted octanol–water partition coefficient (Wildman–Crippen LogP) is 3.04. The minimum Gasteiger partial charge on any atom is -0.418 e. The molecule has 19 heavy (non-hydrogen) atoms. The average molecular weight is 289 g/mol.